The zero-order valence-electron chi connectivity index (χ0n) is 22.4. The van der Waals surface area contributed by atoms with Crippen molar-refractivity contribution in [3.05, 3.63) is 120 Å². The van der Waals surface area contributed by atoms with Crippen LogP contribution in [0.15, 0.2) is 109 Å². The summed E-state index contributed by atoms with van der Waals surface area (Å²) in [7, 11) is 0. The maximum atomic E-state index is 13.1. The number of benzene rings is 4. The fourth-order valence-electron chi connectivity index (χ4n) is 5.04. The van der Waals surface area contributed by atoms with Gasteiger partial charge in [0, 0.05) is 5.04 Å². The Balaban J connectivity index is 0.00000353. The molecule has 8 heteroatoms. The van der Waals surface area contributed by atoms with E-state index in [-0.39, 0.29) is 29.2 Å². The Labute approximate surface area is 255 Å². The van der Waals surface area contributed by atoms with Gasteiger partial charge >= 0.3 is 11.9 Å². The van der Waals surface area contributed by atoms with E-state index in [9.17, 15) is 9.59 Å². The quantitative estimate of drug-likeness (QED) is 0.105. The summed E-state index contributed by atoms with van der Waals surface area (Å²) in [5, 5.41) is 4.81. The van der Waals surface area contributed by atoms with Crippen LogP contribution < -0.4 is 9.47 Å². The molecule has 6 rings (SSSR count). The topological polar surface area (TPSA) is 80.3 Å². The number of para-hydroxylation sites is 2. The van der Waals surface area contributed by atoms with Crippen molar-refractivity contribution in [3.8, 4) is 23.0 Å². The highest BCUT2D eigenvalue weighted by molar-refractivity contribution is 5.80. The van der Waals surface area contributed by atoms with Crippen LogP contribution >= 0.6 is 0 Å². The lowest BCUT2D eigenvalue weighted by molar-refractivity contribution is -0.460. The number of ether oxygens (including phenoxy) is 2. The van der Waals surface area contributed by atoms with Crippen molar-refractivity contribution in [2.24, 2.45) is 11.8 Å². The summed E-state index contributed by atoms with van der Waals surface area (Å²) in [5.74, 6) is 0.548. The first kappa shape index (κ1) is 29.4. The third-order valence-electron chi connectivity index (χ3n) is 7.32. The van der Waals surface area contributed by atoms with Crippen LogP contribution in [0.2, 0.25) is 0 Å². The molecule has 214 valence electrons. The zero-order chi connectivity index (χ0) is 28.0. The van der Waals surface area contributed by atoms with E-state index in [2.05, 4.69) is 0 Å². The highest BCUT2D eigenvalue weighted by atomic mass is 27.0. The molecule has 0 aromatic heterocycles. The van der Waals surface area contributed by atoms with Crippen LogP contribution in [-0.4, -0.2) is 29.3 Å². The predicted molar refractivity (Wildman–Crippen MR) is 160 cm³/mol. The Morgan fingerprint density at radius 2 is 0.905 bits per heavy atom. The van der Waals surface area contributed by atoms with Crippen LogP contribution in [-0.2, 0) is 24.4 Å². The van der Waals surface area contributed by atoms with Gasteiger partial charge in [0.1, 0.15) is 23.0 Å². The van der Waals surface area contributed by atoms with Gasteiger partial charge < -0.3 is 9.47 Å². The fraction of sp³-hybridized carbons (Fsp3) is 0.235. The molecule has 42 heavy (non-hydrogen) atoms. The van der Waals surface area contributed by atoms with Crippen LogP contribution in [0.4, 0.5) is 0 Å². The summed E-state index contributed by atoms with van der Waals surface area (Å²) in [4.78, 5) is 36.2. The van der Waals surface area contributed by atoms with Gasteiger partial charge in [-0.15, -0.1) is 0 Å². The number of carbonyl (C=O) groups excluding carboxylic acids is 2. The van der Waals surface area contributed by atoms with Crippen LogP contribution in [0.5, 0.6) is 23.0 Å². The Kier molecular flexibility index (Phi) is 9.60. The van der Waals surface area contributed by atoms with Crippen molar-refractivity contribution in [2.75, 3.05) is 0 Å². The van der Waals surface area contributed by atoms with Crippen molar-refractivity contribution in [1.29, 1.82) is 0 Å². The fourth-order valence-corrected chi connectivity index (χ4v) is 5.04. The number of hydrogen-bond donors (Lipinski definition) is 0. The summed E-state index contributed by atoms with van der Waals surface area (Å²) in [6, 6.07) is 33.6. The maximum absolute atomic E-state index is 13.1. The lowest BCUT2D eigenvalue weighted by Crippen LogP contribution is -2.22. The Hall–Kier alpha value is -4.09. The first-order valence-corrected chi connectivity index (χ1v) is 13.9. The van der Waals surface area contributed by atoms with Crippen LogP contribution in [0.25, 0.3) is 0 Å². The maximum Gasteiger partial charge on any atom is 0.354 e. The monoisotopic (exact) mass is 580 g/mol. The Bertz CT molecular complexity index is 1370. The minimum absolute atomic E-state index is 0. The van der Waals surface area contributed by atoms with Gasteiger partial charge in [0.2, 0.25) is 0 Å². The summed E-state index contributed by atoms with van der Waals surface area (Å²) in [6.45, 7) is 0. The van der Waals surface area contributed by atoms with Gasteiger partial charge in [-0.2, -0.15) is 0 Å². The molecule has 0 saturated heterocycles. The minimum atomic E-state index is -0.613. The Morgan fingerprint density at radius 3 is 1.29 bits per heavy atom. The molecule has 0 amide bonds. The average molecular weight is 581 g/mol. The van der Waals surface area contributed by atoms with Gasteiger partial charge in [0.05, 0.1) is 11.8 Å². The smallest absolute Gasteiger partial charge is 0.354 e. The highest BCUT2D eigenvalue weighted by Gasteiger charge is 2.41. The van der Waals surface area contributed by atoms with Gasteiger partial charge in [0.25, 0.3) is 0 Å². The van der Waals surface area contributed by atoms with Crippen molar-refractivity contribution in [2.45, 2.75) is 37.5 Å². The van der Waals surface area contributed by atoms with E-state index in [1.54, 1.807) is 0 Å². The summed E-state index contributed by atoms with van der Waals surface area (Å²) in [5.41, 5.74) is 1.51. The van der Waals surface area contributed by atoms with E-state index in [1.807, 2.05) is 109 Å². The average Bonchev–Trinajstić information content (AvgIpc) is 3.92. The lowest BCUT2D eigenvalue weighted by atomic mass is 9.94. The third-order valence-corrected chi connectivity index (χ3v) is 7.32. The predicted octanol–water partition coefficient (Wildman–Crippen LogP) is 6.71. The second-order valence-corrected chi connectivity index (χ2v) is 10.5. The van der Waals surface area contributed by atoms with E-state index in [1.165, 1.54) is 0 Å². The lowest BCUT2D eigenvalue weighted by Gasteiger charge is -2.17. The van der Waals surface area contributed by atoms with Crippen molar-refractivity contribution in [1.82, 2.24) is 0 Å². The number of rotatable bonds is 12. The SMILES string of the molecule is O=C(OOOC(=O)C(c1cccc(Oc2ccccc2)c1)C1CC1)C(c1cccc(Oc2ccccc2)c1)C1CC1.[AlH3]. The van der Waals surface area contributed by atoms with E-state index < -0.39 is 23.8 Å². The van der Waals surface area contributed by atoms with Crippen molar-refractivity contribution in [3.63, 3.8) is 0 Å². The molecular formula is C34H33AlO7. The summed E-state index contributed by atoms with van der Waals surface area (Å²) >= 11 is 0. The van der Waals surface area contributed by atoms with E-state index in [4.69, 9.17) is 24.3 Å². The van der Waals surface area contributed by atoms with Gasteiger partial charge in [-0.3, -0.25) is 9.78 Å². The van der Waals surface area contributed by atoms with Crippen molar-refractivity contribution >= 4 is 29.3 Å². The molecule has 2 saturated carbocycles. The second kappa shape index (κ2) is 13.7. The van der Waals surface area contributed by atoms with Crippen molar-refractivity contribution < 1.29 is 33.9 Å². The van der Waals surface area contributed by atoms with E-state index in [0.717, 1.165) is 36.8 Å². The molecule has 0 heterocycles. The largest absolute Gasteiger partial charge is 0.457 e. The Morgan fingerprint density at radius 1 is 0.524 bits per heavy atom. The molecule has 0 bridgehead atoms. The summed E-state index contributed by atoms with van der Waals surface area (Å²) in [6.07, 6.45) is 3.59. The molecule has 2 fully saturated rings. The number of hydrogen-bond acceptors (Lipinski definition) is 7. The van der Waals surface area contributed by atoms with E-state index in [0.29, 0.717) is 23.0 Å². The molecule has 4 aromatic carbocycles. The first-order valence-electron chi connectivity index (χ1n) is 13.9. The molecule has 2 atom stereocenters. The molecule has 0 aliphatic heterocycles. The molecule has 7 nitrogen and oxygen atoms in total. The van der Waals surface area contributed by atoms with Crippen LogP contribution in [0.1, 0.15) is 48.6 Å². The molecule has 0 spiro atoms. The molecule has 4 aromatic rings. The molecule has 2 aliphatic carbocycles. The second-order valence-electron chi connectivity index (χ2n) is 10.5. The molecule has 0 N–H and O–H groups in total. The van der Waals surface area contributed by atoms with Crippen LogP contribution in [0.3, 0.4) is 0 Å². The zero-order valence-corrected chi connectivity index (χ0v) is 22.4. The number of carbonyl (C=O) groups is 2. The normalized spacial score (nSPS) is 15.4. The van der Waals surface area contributed by atoms with Gasteiger partial charge in [-0.25, -0.2) is 9.59 Å². The standard InChI is InChI=1S/C34H30O7.Al.3H/c35-33(31(23-17-18-23)25-9-7-15-29(21-25)37-27-11-3-1-4-12-27)39-41-40-34(36)32(24-19-20-24)26-10-8-16-30(22-26)38-28-13-5-2-6-14-28;;;;/h1-16,21-24,31-32H,17-20H2;;;;. The minimum Gasteiger partial charge on any atom is -0.457 e. The highest BCUT2D eigenvalue weighted by Crippen LogP contribution is 2.45. The van der Waals surface area contributed by atoms with Gasteiger partial charge in [-0.05, 0) is 97.2 Å². The van der Waals surface area contributed by atoms with Gasteiger partial charge in [-0.1, -0.05) is 60.7 Å². The molecule has 0 radical (unpaired) electrons. The molecule has 2 unspecified atom stereocenters. The van der Waals surface area contributed by atoms with Crippen LogP contribution in [0, 0.1) is 11.8 Å². The summed E-state index contributed by atoms with van der Waals surface area (Å²) < 4.78 is 11.9. The first-order chi connectivity index (χ1) is 20.1. The van der Waals surface area contributed by atoms with E-state index >= 15 is 0 Å². The molecule has 2 aliphatic rings. The van der Waals surface area contributed by atoms with Gasteiger partial charge in [0.15, 0.2) is 17.4 Å². The molecular weight excluding hydrogens is 547 g/mol. The third kappa shape index (κ3) is 7.60.